The number of hydrogen-bond donors (Lipinski definition) is 2. The van der Waals surface area contributed by atoms with E-state index in [2.05, 4.69) is 22.3 Å². The number of hydrogen-bond acceptors (Lipinski definition) is 7. The highest BCUT2D eigenvalue weighted by atomic mass is 32.2. The normalized spacial score (nSPS) is 12.8. The number of rotatable bonds is 11. The van der Waals surface area contributed by atoms with Crippen molar-refractivity contribution in [1.82, 2.24) is 9.97 Å². The van der Waals surface area contributed by atoms with Crippen molar-refractivity contribution in [3.63, 3.8) is 0 Å². The van der Waals surface area contributed by atoms with Crippen LogP contribution in [0.15, 0.2) is 131 Å². The molecule has 1 aliphatic carbocycles. The smallest absolute Gasteiger partial charge is 0.336 e. The van der Waals surface area contributed by atoms with Gasteiger partial charge in [0, 0.05) is 34.0 Å². The predicted molar refractivity (Wildman–Crippen MR) is 177 cm³/mol. The van der Waals surface area contributed by atoms with Crippen LogP contribution in [0.3, 0.4) is 0 Å². The van der Waals surface area contributed by atoms with Gasteiger partial charge in [-0.25, -0.2) is 9.78 Å². The average molecular weight is 601 g/mol. The van der Waals surface area contributed by atoms with E-state index in [0.717, 1.165) is 61.9 Å². The number of carboxylic acids is 1. The molecule has 0 radical (unpaired) electrons. The van der Waals surface area contributed by atoms with Crippen molar-refractivity contribution in [1.29, 1.82) is 0 Å². The third kappa shape index (κ3) is 6.61. The minimum atomic E-state index is -0.895. The molecule has 5 aromatic rings. The SMILES string of the molecule is COc1ccc(N(Cc2ccccc2)c2nc(NCc3ccccc3SC3=CCCC=C3C(=O)O)nc3ccccc23)cc1. The molecule has 0 fully saturated rings. The van der Waals surface area contributed by atoms with Crippen LogP contribution in [0.5, 0.6) is 5.75 Å². The third-order valence-electron chi connectivity index (χ3n) is 7.38. The minimum absolute atomic E-state index is 0.364. The number of nitrogens with zero attached hydrogens (tertiary/aromatic N) is 3. The standard InChI is InChI=1S/C36H32N4O3S/c1-43-28-21-19-27(20-22-28)40(24-25-11-3-2-4-12-25)34-29-14-6-8-16-31(29)38-36(39-34)37-23-26-13-5-9-17-32(26)44-33-18-10-7-15-30(33)35(41)42/h2-6,8-9,11-22H,7,10,23-24H2,1H3,(H,41,42)(H,37,38,39). The summed E-state index contributed by atoms with van der Waals surface area (Å²) in [6.45, 7) is 1.09. The number of anilines is 3. The number of carboxylic acid groups (broad SMARTS) is 1. The van der Waals surface area contributed by atoms with Crippen molar-refractivity contribution in [3.05, 3.63) is 137 Å². The van der Waals surface area contributed by atoms with Crippen LogP contribution >= 0.6 is 11.8 Å². The molecular weight excluding hydrogens is 568 g/mol. The summed E-state index contributed by atoms with van der Waals surface area (Å²) in [4.78, 5) is 25.7. The number of nitrogens with one attached hydrogen (secondary N) is 1. The van der Waals surface area contributed by atoms with Gasteiger partial charge in [-0.3, -0.25) is 0 Å². The van der Waals surface area contributed by atoms with E-state index in [9.17, 15) is 9.90 Å². The Kier molecular flexibility index (Phi) is 8.89. The summed E-state index contributed by atoms with van der Waals surface area (Å²) in [6, 6.07) is 34.4. The van der Waals surface area contributed by atoms with Gasteiger partial charge in [-0.1, -0.05) is 84.6 Å². The summed E-state index contributed by atoms with van der Waals surface area (Å²) < 4.78 is 5.42. The van der Waals surface area contributed by atoms with E-state index in [4.69, 9.17) is 14.7 Å². The van der Waals surface area contributed by atoms with Gasteiger partial charge in [0.1, 0.15) is 11.6 Å². The zero-order valence-electron chi connectivity index (χ0n) is 24.3. The maximum Gasteiger partial charge on any atom is 0.336 e. The lowest BCUT2D eigenvalue weighted by molar-refractivity contribution is -0.132. The molecule has 6 rings (SSSR count). The topological polar surface area (TPSA) is 87.6 Å². The fraction of sp³-hybridized carbons (Fsp3) is 0.139. The lowest BCUT2D eigenvalue weighted by Gasteiger charge is -2.26. The van der Waals surface area contributed by atoms with E-state index in [0.29, 0.717) is 24.6 Å². The Labute approximate surface area is 260 Å². The molecule has 44 heavy (non-hydrogen) atoms. The van der Waals surface area contributed by atoms with Crippen LogP contribution in [-0.4, -0.2) is 28.2 Å². The van der Waals surface area contributed by atoms with E-state index >= 15 is 0 Å². The Hall–Kier alpha value is -5.08. The highest BCUT2D eigenvalue weighted by Crippen LogP contribution is 2.37. The highest BCUT2D eigenvalue weighted by molar-refractivity contribution is 8.03. The number of carbonyl (C=O) groups is 1. The van der Waals surface area contributed by atoms with Crippen LogP contribution in [0.25, 0.3) is 10.9 Å². The van der Waals surface area contributed by atoms with Crippen LogP contribution in [-0.2, 0) is 17.9 Å². The summed E-state index contributed by atoms with van der Waals surface area (Å²) in [5.41, 5.74) is 4.36. The fourth-order valence-electron chi connectivity index (χ4n) is 5.15. The molecule has 1 aromatic heterocycles. The predicted octanol–water partition coefficient (Wildman–Crippen LogP) is 8.37. The Balaban J connectivity index is 1.34. The molecule has 0 atom stereocenters. The van der Waals surface area contributed by atoms with E-state index in [1.807, 2.05) is 97.1 Å². The monoisotopic (exact) mass is 600 g/mol. The summed E-state index contributed by atoms with van der Waals surface area (Å²) >= 11 is 1.49. The average Bonchev–Trinajstić information content (AvgIpc) is 3.07. The summed E-state index contributed by atoms with van der Waals surface area (Å²) in [7, 11) is 1.66. The van der Waals surface area contributed by atoms with Gasteiger partial charge in [0.05, 0.1) is 18.2 Å². The first-order valence-corrected chi connectivity index (χ1v) is 15.3. The molecule has 7 nitrogen and oxygen atoms in total. The second kappa shape index (κ2) is 13.5. The van der Waals surface area contributed by atoms with E-state index in [1.165, 1.54) is 11.8 Å². The van der Waals surface area contributed by atoms with Crippen LogP contribution in [0, 0.1) is 0 Å². The van der Waals surface area contributed by atoms with Crippen molar-refractivity contribution in [2.24, 2.45) is 0 Å². The summed E-state index contributed by atoms with van der Waals surface area (Å²) in [5, 5.41) is 14.1. The van der Waals surface area contributed by atoms with Crippen LogP contribution in [0.4, 0.5) is 17.5 Å². The number of ether oxygens (including phenoxy) is 1. The second-order valence-electron chi connectivity index (χ2n) is 10.3. The van der Waals surface area contributed by atoms with Crippen molar-refractivity contribution >= 4 is 46.1 Å². The van der Waals surface area contributed by atoms with Gasteiger partial charge in [-0.05, 0) is 66.4 Å². The number of methoxy groups -OCH3 is 1. The number of aromatic nitrogens is 2. The molecular formula is C36H32N4O3S. The lowest BCUT2D eigenvalue weighted by atomic mass is 10.1. The first kappa shape index (κ1) is 29.0. The minimum Gasteiger partial charge on any atom is -0.497 e. The van der Waals surface area contributed by atoms with Crippen LogP contribution in [0.1, 0.15) is 24.0 Å². The number of benzene rings is 4. The molecule has 8 heteroatoms. The summed E-state index contributed by atoms with van der Waals surface area (Å²) in [5.74, 6) is 1.19. The van der Waals surface area contributed by atoms with Crippen molar-refractivity contribution in [3.8, 4) is 5.75 Å². The number of fused-ring (bicyclic) bond motifs is 1. The molecule has 4 aromatic carbocycles. The Morgan fingerprint density at radius 1 is 0.886 bits per heavy atom. The number of thioether (sulfide) groups is 1. The van der Waals surface area contributed by atoms with Gasteiger partial charge in [-0.2, -0.15) is 4.98 Å². The van der Waals surface area contributed by atoms with Crippen LogP contribution < -0.4 is 15.0 Å². The molecule has 0 saturated carbocycles. The van der Waals surface area contributed by atoms with Gasteiger partial charge in [0.25, 0.3) is 0 Å². The quantitative estimate of drug-likeness (QED) is 0.156. The first-order chi connectivity index (χ1) is 21.6. The zero-order valence-corrected chi connectivity index (χ0v) is 25.1. The van der Waals surface area contributed by atoms with Crippen molar-refractivity contribution < 1.29 is 14.6 Å². The summed E-state index contributed by atoms with van der Waals surface area (Å²) in [6.07, 6.45) is 5.40. The Morgan fingerprint density at radius 2 is 1.61 bits per heavy atom. The third-order valence-corrected chi connectivity index (χ3v) is 8.60. The lowest BCUT2D eigenvalue weighted by Crippen LogP contribution is -2.19. The molecule has 1 heterocycles. The van der Waals surface area contributed by atoms with Gasteiger partial charge in [0.2, 0.25) is 5.95 Å². The molecule has 0 saturated heterocycles. The number of para-hydroxylation sites is 1. The zero-order chi connectivity index (χ0) is 30.3. The molecule has 0 spiro atoms. The Morgan fingerprint density at radius 3 is 2.41 bits per heavy atom. The largest absolute Gasteiger partial charge is 0.497 e. The molecule has 1 aliphatic rings. The highest BCUT2D eigenvalue weighted by Gasteiger charge is 2.20. The maximum atomic E-state index is 11.8. The molecule has 0 bridgehead atoms. The molecule has 220 valence electrons. The number of allylic oxidation sites excluding steroid dienone is 2. The molecule has 0 amide bonds. The molecule has 2 N–H and O–H groups in total. The molecule has 0 unspecified atom stereocenters. The van der Waals surface area contributed by atoms with Gasteiger partial charge in [0.15, 0.2) is 0 Å². The fourth-order valence-corrected chi connectivity index (χ4v) is 6.28. The van der Waals surface area contributed by atoms with E-state index in [1.54, 1.807) is 13.2 Å². The van der Waals surface area contributed by atoms with Gasteiger partial charge >= 0.3 is 5.97 Å². The van der Waals surface area contributed by atoms with Gasteiger partial charge in [-0.15, -0.1) is 0 Å². The van der Waals surface area contributed by atoms with Crippen molar-refractivity contribution in [2.45, 2.75) is 30.8 Å². The van der Waals surface area contributed by atoms with E-state index in [-0.39, 0.29) is 0 Å². The maximum absolute atomic E-state index is 11.8. The first-order valence-electron chi connectivity index (χ1n) is 14.4. The van der Waals surface area contributed by atoms with Gasteiger partial charge < -0.3 is 20.1 Å². The molecule has 0 aliphatic heterocycles. The second-order valence-corrected chi connectivity index (χ2v) is 11.4. The van der Waals surface area contributed by atoms with E-state index < -0.39 is 5.97 Å². The number of aliphatic carboxylic acids is 1. The van der Waals surface area contributed by atoms with Crippen LogP contribution in [0.2, 0.25) is 0 Å². The Bertz CT molecular complexity index is 1840. The van der Waals surface area contributed by atoms with Crippen molar-refractivity contribution in [2.75, 3.05) is 17.3 Å².